The number of ketones is 1. The lowest BCUT2D eigenvalue weighted by atomic mass is 9.95. The van der Waals surface area contributed by atoms with Crippen molar-refractivity contribution in [2.45, 2.75) is 53.6 Å². The van der Waals surface area contributed by atoms with E-state index in [4.69, 9.17) is 5.26 Å². The van der Waals surface area contributed by atoms with Gasteiger partial charge in [-0.2, -0.15) is 5.26 Å². The molecule has 0 fully saturated rings. The van der Waals surface area contributed by atoms with E-state index in [0.29, 0.717) is 16.7 Å². The van der Waals surface area contributed by atoms with Gasteiger partial charge in [0.2, 0.25) is 5.78 Å². The van der Waals surface area contributed by atoms with Crippen LogP contribution in [0.25, 0.3) is 0 Å². The van der Waals surface area contributed by atoms with Gasteiger partial charge in [-0.3, -0.25) is 18.7 Å². The summed E-state index contributed by atoms with van der Waals surface area (Å²) in [6.07, 6.45) is 0. The molecule has 0 saturated heterocycles. The minimum absolute atomic E-state index is 0.122. The number of aryl methyl sites for hydroxylation is 1. The summed E-state index contributed by atoms with van der Waals surface area (Å²) in [7, 11) is 0. The molecule has 0 spiro atoms. The maximum atomic E-state index is 13.3. The molecule has 0 bridgehead atoms. The monoisotopic (exact) mass is 353 g/mol. The average Bonchev–Trinajstić information content (AvgIpc) is 2.60. The summed E-state index contributed by atoms with van der Waals surface area (Å²) < 4.78 is 2.52. The predicted octanol–water partition coefficient (Wildman–Crippen LogP) is 2.58. The Labute approximate surface area is 152 Å². The Morgan fingerprint density at radius 2 is 1.73 bits per heavy atom. The van der Waals surface area contributed by atoms with E-state index < -0.39 is 17.0 Å². The molecule has 2 aromatic rings. The lowest BCUT2D eigenvalue weighted by Crippen LogP contribution is -2.44. The van der Waals surface area contributed by atoms with Crippen LogP contribution in [0.1, 0.15) is 66.4 Å². The number of benzene rings is 1. The van der Waals surface area contributed by atoms with Crippen molar-refractivity contribution in [3.63, 3.8) is 0 Å². The maximum absolute atomic E-state index is 13.3. The van der Waals surface area contributed by atoms with Crippen LogP contribution < -0.4 is 11.2 Å². The van der Waals surface area contributed by atoms with E-state index in [1.807, 2.05) is 19.9 Å². The number of carbonyl (C=O) groups is 1. The highest BCUT2D eigenvalue weighted by Crippen LogP contribution is 2.20. The fourth-order valence-electron chi connectivity index (χ4n) is 3.17. The minimum atomic E-state index is -0.485. The van der Waals surface area contributed by atoms with Crippen molar-refractivity contribution in [1.82, 2.24) is 9.13 Å². The first-order valence-electron chi connectivity index (χ1n) is 8.70. The van der Waals surface area contributed by atoms with Crippen LogP contribution in [0.5, 0.6) is 0 Å². The van der Waals surface area contributed by atoms with Crippen LogP contribution in [-0.4, -0.2) is 14.9 Å². The Morgan fingerprint density at radius 1 is 1.12 bits per heavy atom. The molecule has 6 nitrogen and oxygen atoms in total. The first-order valence-corrected chi connectivity index (χ1v) is 8.70. The predicted molar refractivity (Wildman–Crippen MR) is 99.7 cm³/mol. The summed E-state index contributed by atoms with van der Waals surface area (Å²) in [5, 5.41) is 9.17. The van der Waals surface area contributed by atoms with Crippen LogP contribution in [0.3, 0.4) is 0 Å². The molecule has 0 amide bonds. The number of hydrogen-bond acceptors (Lipinski definition) is 4. The summed E-state index contributed by atoms with van der Waals surface area (Å²) >= 11 is 0. The molecule has 0 aliphatic heterocycles. The Hall–Kier alpha value is -2.94. The third-order valence-corrected chi connectivity index (χ3v) is 4.36. The summed E-state index contributed by atoms with van der Waals surface area (Å²) in [6, 6.07) is 6.88. The molecular formula is C20H23N3O3. The van der Waals surface area contributed by atoms with Crippen LogP contribution in [-0.2, 0) is 13.1 Å². The number of hydrogen-bond donors (Lipinski definition) is 0. The normalized spacial score (nSPS) is 10.8. The van der Waals surface area contributed by atoms with Crippen LogP contribution in [0.15, 0.2) is 27.8 Å². The van der Waals surface area contributed by atoms with Crippen LogP contribution in [0.2, 0.25) is 0 Å². The second-order valence-electron chi connectivity index (χ2n) is 6.52. The number of nitriles is 1. The fraction of sp³-hybridized carbons (Fsp3) is 0.400. The third kappa shape index (κ3) is 3.25. The molecule has 0 saturated carbocycles. The van der Waals surface area contributed by atoms with Crippen molar-refractivity contribution in [3.8, 4) is 6.07 Å². The SMILES string of the molecule is CCn1c(C(=O)c2cc(C)cc(C#N)c2)c(C(C)C)c(=O)n(CC)c1=O. The van der Waals surface area contributed by atoms with Gasteiger partial charge in [0, 0.05) is 24.2 Å². The van der Waals surface area contributed by atoms with E-state index in [2.05, 4.69) is 0 Å². The van der Waals surface area contributed by atoms with Gasteiger partial charge in [-0.1, -0.05) is 13.8 Å². The summed E-state index contributed by atoms with van der Waals surface area (Å²) in [5.41, 5.74) is 0.987. The number of aromatic nitrogens is 2. The lowest BCUT2D eigenvalue weighted by molar-refractivity contribution is 0.102. The Kier molecular flexibility index (Phi) is 5.61. The molecule has 0 aliphatic carbocycles. The molecule has 0 N–H and O–H groups in total. The summed E-state index contributed by atoms with van der Waals surface area (Å²) in [4.78, 5) is 38.8. The smallest absolute Gasteiger partial charge is 0.290 e. The topological polar surface area (TPSA) is 84.9 Å². The second kappa shape index (κ2) is 7.52. The largest absolute Gasteiger partial charge is 0.331 e. The van der Waals surface area contributed by atoms with Crippen LogP contribution >= 0.6 is 0 Å². The zero-order valence-electron chi connectivity index (χ0n) is 15.8. The van der Waals surface area contributed by atoms with Gasteiger partial charge in [0.05, 0.1) is 11.6 Å². The van der Waals surface area contributed by atoms with Crippen molar-refractivity contribution in [1.29, 1.82) is 5.26 Å². The molecular weight excluding hydrogens is 330 g/mol. The minimum Gasteiger partial charge on any atom is -0.290 e. The van der Waals surface area contributed by atoms with Crippen molar-refractivity contribution >= 4 is 5.78 Å². The van der Waals surface area contributed by atoms with E-state index in [-0.39, 0.29) is 24.7 Å². The zero-order valence-corrected chi connectivity index (χ0v) is 15.8. The van der Waals surface area contributed by atoms with E-state index in [9.17, 15) is 14.4 Å². The standard InChI is InChI=1S/C20H23N3O3/c1-6-22-17(16(12(3)4)19(25)23(7-2)20(22)26)18(24)15-9-13(5)8-14(10-15)11-21/h8-10,12H,6-7H2,1-5H3. The van der Waals surface area contributed by atoms with Gasteiger partial charge < -0.3 is 0 Å². The van der Waals surface area contributed by atoms with Crippen LogP contribution in [0.4, 0.5) is 0 Å². The molecule has 0 aliphatic rings. The van der Waals surface area contributed by atoms with Gasteiger partial charge in [-0.15, -0.1) is 0 Å². The van der Waals surface area contributed by atoms with E-state index >= 15 is 0 Å². The van der Waals surface area contributed by atoms with Crippen molar-refractivity contribution in [2.24, 2.45) is 0 Å². The van der Waals surface area contributed by atoms with Crippen molar-refractivity contribution in [3.05, 3.63) is 67.0 Å². The second-order valence-corrected chi connectivity index (χ2v) is 6.52. The summed E-state index contributed by atoms with van der Waals surface area (Å²) in [6.45, 7) is 9.47. The molecule has 26 heavy (non-hydrogen) atoms. The third-order valence-electron chi connectivity index (χ3n) is 4.36. The Morgan fingerprint density at radius 3 is 2.23 bits per heavy atom. The molecule has 0 radical (unpaired) electrons. The van der Waals surface area contributed by atoms with Gasteiger partial charge in [0.25, 0.3) is 5.56 Å². The molecule has 136 valence electrons. The van der Waals surface area contributed by atoms with Crippen LogP contribution in [0, 0.1) is 18.3 Å². The molecule has 1 aromatic heterocycles. The van der Waals surface area contributed by atoms with Gasteiger partial charge in [0.1, 0.15) is 5.69 Å². The highest BCUT2D eigenvalue weighted by atomic mass is 16.2. The first kappa shape index (κ1) is 19.4. The molecule has 1 aromatic carbocycles. The van der Waals surface area contributed by atoms with Gasteiger partial charge >= 0.3 is 5.69 Å². The summed E-state index contributed by atoms with van der Waals surface area (Å²) in [5.74, 6) is -0.633. The Balaban J connectivity index is 2.91. The van der Waals surface area contributed by atoms with E-state index in [0.717, 1.165) is 10.1 Å². The molecule has 0 atom stereocenters. The lowest BCUT2D eigenvalue weighted by Gasteiger charge is -2.19. The number of carbonyl (C=O) groups excluding carboxylic acids is 1. The molecule has 1 heterocycles. The Bertz CT molecular complexity index is 1020. The first-order chi connectivity index (χ1) is 12.3. The highest BCUT2D eigenvalue weighted by molar-refractivity contribution is 6.09. The van der Waals surface area contributed by atoms with Crippen molar-refractivity contribution in [2.75, 3.05) is 0 Å². The van der Waals surface area contributed by atoms with E-state index in [1.54, 1.807) is 32.9 Å². The van der Waals surface area contributed by atoms with Gasteiger partial charge in [-0.05, 0) is 50.5 Å². The quantitative estimate of drug-likeness (QED) is 0.773. The number of rotatable bonds is 5. The maximum Gasteiger partial charge on any atom is 0.331 e. The highest BCUT2D eigenvalue weighted by Gasteiger charge is 2.26. The van der Waals surface area contributed by atoms with E-state index in [1.165, 1.54) is 10.6 Å². The van der Waals surface area contributed by atoms with Gasteiger partial charge in [0.15, 0.2) is 0 Å². The zero-order chi connectivity index (χ0) is 19.6. The fourth-order valence-corrected chi connectivity index (χ4v) is 3.17. The van der Waals surface area contributed by atoms with Gasteiger partial charge in [-0.25, -0.2) is 4.79 Å². The average molecular weight is 353 g/mol. The number of nitrogens with zero attached hydrogens (tertiary/aromatic N) is 3. The van der Waals surface area contributed by atoms with Crippen molar-refractivity contribution < 1.29 is 4.79 Å². The molecule has 2 rings (SSSR count). The molecule has 0 unspecified atom stereocenters. The molecule has 6 heteroatoms.